The van der Waals surface area contributed by atoms with E-state index in [0.717, 1.165) is 58.2 Å². The number of alkyl halides is 2. The number of likely N-dealkylation sites (N-methyl/N-ethyl adjacent to an activating group) is 1. The first-order valence-corrected chi connectivity index (χ1v) is 11.2. The van der Waals surface area contributed by atoms with Gasteiger partial charge in [0.05, 0.1) is 12.2 Å². The fraction of sp³-hybridized carbons (Fsp3) is 0.682. The maximum atomic E-state index is 12.7. The Morgan fingerprint density at radius 3 is 2.59 bits per heavy atom. The average molecular weight is 566 g/mol. The lowest BCUT2D eigenvalue weighted by atomic mass is 10.2. The van der Waals surface area contributed by atoms with E-state index >= 15 is 0 Å². The number of nitrogens with zero attached hydrogens (tertiary/aromatic N) is 4. The van der Waals surface area contributed by atoms with Gasteiger partial charge in [-0.1, -0.05) is 12.1 Å². The maximum Gasteiger partial charge on any atom is 0.387 e. The highest BCUT2D eigenvalue weighted by atomic mass is 127. The van der Waals surface area contributed by atoms with Crippen molar-refractivity contribution in [1.82, 2.24) is 20.4 Å². The lowest BCUT2D eigenvalue weighted by Crippen LogP contribution is -2.49. The van der Waals surface area contributed by atoms with Crippen molar-refractivity contribution in [3.8, 4) is 5.75 Å². The topological polar surface area (TPSA) is 55.4 Å². The fourth-order valence-electron chi connectivity index (χ4n) is 4.13. The Labute approximate surface area is 207 Å². The number of halogens is 3. The summed E-state index contributed by atoms with van der Waals surface area (Å²) in [4.78, 5) is 11.8. The van der Waals surface area contributed by atoms with E-state index in [2.05, 4.69) is 46.2 Å². The van der Waals surface area contributed by atoms with Gasteiger partial charge >= 0.3 is 6.61 Å². The molecule has 2 fully saturated rings. The zero-order chi connectivity index (χ0) is 22.2. The minimum Gasteiger partial charge on any atom is -0.433 e. The Hall–Kier alpha value is -1.40. The number of aliphatic imine (C=N–C) groups is 1. The molecule has 0 aliphatic carbocycles. The van der Waals surface area contributed by atoms with E-state index in [1.165, 1.54) is 0 Å². The molecule has 2 saturated heterocycles. The zero-order valence-corrected chi connectivity index (χ0v) is 21.6. The van der Waals surface area contributed by atoms with E-state index in [1.807, 2.05) is 12.1 Å². The number of nitrogens with one attached hydrogen (secondary N) is 2. The van der Waals surface area contributed by atoms with Gasteiger partial charge in [0.15, 0.2) is 5.96 Å². The summed E-state index contributed by atoms with van der Waals surface area (Å²) in [5, 5.41) is 6.86. The van der Waals surface area contributed by atoms with Gasteiger partial charge in [-0.15, -0.1) is 24.0 Å². The van der Waals surface area contributed by atoms with Crippen molar-refractivity contribution in [1.29, 1.82) is 0 Å². The highest BCUT2D eigenvalue weighted by Gasteiger charge is 2.26. The van der Waals surface area contributed by atoms with Crippen LogP contribution in [0.5, 0.6) is 5.75 Å². The molecule has 0 amide bonds. The van der Waals surface area contributed by atoms with Crippen molar-refractivity contribution in [3.05, 3.63) is 24.3 Å². The molecule has 0 aromatic heterocycles. The SMILES string of the molecule is CCNC(=NCC(C)N1CCN(C)CC1)NC1CCN(c2ccccc2OC(F)F)C1.I. The third kappa shape index (κ3) is 7.87. The number of para-hydroxylation sites is 2. The summed E-state index contributed by atoms with van der Waals surface area (Å²) >= 11 is 0. The molecule has 2 aliphatic rings. The number of benzene rings is 1. The summed E-state index contributed by atoms with van der Waals surface area (Å²) in [6.45, 7) is 8.82. The highest BCUT2D eigenvalue weighted by Crippen LogP contribution is 2.31. The van der Waals surface area contributed by atoms with Crippen LogP contribution >= 0.6 is 24.0 Å². The molecule has 0 radical (unpaired) electrons. The maximum absolute atomic E-state index is 12.7. The van der Waals surface area contributed by atoms with Gasteiger partial charge in [-0.2, -0.15) is 8.78 Å². The van der Waals surface area contributed by atoms with Crippen LogP contribution in [-0.4, -0.2) is 93.9 Å². The quantitative estimate of drug-likeness (QED) is 0.287. The Kier molecular flexibility index (Phi) is 11.2. The summed E-state index contributed by atoms with van der Waals surface area (Å²) in [7, 11) is 2.16. The number of guanidine groups is 1. The van der Waals surface area contributed by atoms with Gasteiger partial charge in [0.1, 0.15) is 5.75 Å². The number of anilines is 1. The molecule has 7 nitrogen and oxygen atoms in total. The Morgan fingerprint density at radius 1 is 1.19 bits per heavy atom. The lowest BCUT2D eigenvalue weighted by Gasteiger charge is -2.36. The molecule has 10 heteroatoms. The van der Waals surface area contributed by atoms with Crippen molar-refractivity contribution in [2.75, 3.05) is 64.3 Å². The van der Waals surface area contributed by atoms with Crippen molar-refractivity contribution < 1.29 is 13.5 Å². The van der Waals surface area contributed by atoms with Crippen molar-refractivity contribution >= 4 is 35.6 Å². The van der Waals surface area contributed by atoms with Crippen LogP contribution < -0.4 is 20.3 Å². The first-order chi connectivity index (χ1) is 15.0. The third-order valence-electron chi connectivity index (χ3n) is 5.97. The molecule has 32 heavy (non-hydrogen) atoms. The summed E-state index contributed by atoms with van der Waals surface area (Å²) in [6.07, 6.45) is 0.904. The summed E-state index contributed by atoms with van der Waals surface area (Å²) in [6, 6.07) is 7.56. The molecule has 2 heterocycles. The minimum absolute atomic E-state index is 0. The normalized spacial score (nSPS) is 21.4. The van der Waals surface area contributed by atoms with E-state index in [1.54, 1.807) is 12.1 Å². The van der Waals surface area contributed by atoms with Crippen LogP contribution in [0.25, 0.3) is 0 Å². The zero-order valence-electron chi connectivity index (χ0n) is 19.3. The molecule has 2 N–H and O–H groups in total. The van der Waals surface area contributed by atoms with E-state index in [0.29, 0.717) is 18.3 Å². The number of rotatable bonds is 8. The average Bonchev–Trinajstić information content (AvgIpc) is 3.21. The van der Waals surface area contributed by atoms with Gasteiger partial charge in [0, 0.05) is 57.9 Å². The molecule has 0 bridgehead atoms. The van der Waals surface area contributed by atoms with Gasteiger partial charge in [-0.3, -0.25) is 9.89 Å². The van der Waals surface area contributed by atoms with Crippen LogP contribution in [0.1, 0.15) is 20.3 Å². The van der Waals surface area contributed by atoms with Crippen LogP contribution in [0.4, 0.5) is 14.5 Å². The number of hydrogen-bond donors (Lipinski definition) is 2. The van der Waals surface area contributed by atoms with E-state index in [-0.39, 0.29) is 35.8 Å². The molecule has 0 saturated carbocycles. The minimum atomic E-state index is -2.83. The van der Waals surface area contributed by atoms with Crippen LogP contribution in [0, 0.1) is 0 Å². The van der Waals surface area contributed by atoms with Crippen LogP contribution in [0.15, 0.2) is 29.3 Å². The smallest absolute Gasteiger partial charge is 0.387 e. The van der Waals surface area contributed by atoms with Gasteiger partial charge in [-0.25, -0.2) is 0 Å². The first-order valence-electron chi connectivity index (χ1n) is 11.2. The van der Waals surface area contributed by atoms with Crippen LogP contribution in [-0.2, 0) is 0 Å². The molecule has 1 aromatic carbocycles. The summed E-state index contributed by atoms with van der Waals surface area (Å²) in [5.41, 5.74) is 0.706. The van der Waals surface area contributed by atoms with Crippen LogP contribution in [0.3, 0.4) is 0 Å². The van der Waals surface area contributed by atoms with Crippen molar-refractivity contribution in [3.63, 3.8) is 0 Å². The van der Waals surface area contributed by atoms with Gasteiger partial charge in [0.25, 0.3) is 0 Å². The van der Waals surface area contributed by atoms with Crippen molar-refractivity contribution in [2.45, 2.75) is 39.0 Å². The Morgan fingerprint density at radius 2 is 1.91 bits per heavy atom. The standard InChI is InChI=1S/C22H36F2N6O.HI/c1-4-25-22(26-15-17(2)29-13-11-28(3)12-14-29)27-18-9-10-30(16-18)19-7-5-6-8-20(19)31-21(23)24;/h5-8,17-18,21H,4,9-16H2,1-3H3,(H2,25,26,27);1H. The van der Waals surface area contributed by atoms with E-state index in [4.69, 9.17) is 9.73 Å². The first kappa shape index (κ1) is 26.8. The molecular formula is C22H37F2IN6O. The summed E-state index contributed by atoms with van der Waals surface area (Å²) < 4.78 is 30.2. The van der Waals surface area contributed by atoms with Crippen LogP contribution in [0.2, 0.25) is 0 Å². The highest BCUT2D eigenvalue weighted by molar-refractivity contribution is 14.0. The Bertz CT molecular complexity index is 717. The number of piperazine rings is 1. The van der Waals surface area contributed by atoms with Crippen molar-refractivity contribution in [2.24, 2.45) is 4.99 Å². The predicted octanol–water partition coefficient (Wildman–Crippen LogP) is 2.68. The van der Waals surface area contributed by atoms with Gasteiger partial charge in [-0.05, 0) is 39.4 Å². The third-order valence-corrected chi connectivity index (χ3v) is 5.97. The number of hydrogen-bond acceptors (Lipinski definition) is 5. The largest absolute Gasteiger partial charge is 0.433 e. The van der Waals surface area contributed by atoms with Gasteiger partial charge in [0.2, 0.25) is 0 Å². The van der Waals surface area contributed by atoms with Gasteiger partial charge < -0.3 is 25.2 Å². The molecule has 2 unspecified atom stereocenters. The molecule has 0 spiro atoms. The second-order valence-corrected chi connectivity index (χ2v) is 8.33. The monoisotopic (exact) mass is 566 g/mol. The molecule has 2 atom stereocenters. The lowest BCUT2D eigenvalue weighted by molar-refractivity contribution is -0.0495. The molecule has 182 valence electrons. The second-order valence-electron chi connectivity index (χ2n) is 8.33. The molecule has 3 rings (SSSR count). The summed E-state index contributed by atoms with van der Waals surface area (Å²) in [5.74, 6) is 1.03. The Balaban J connectivity index is 0.00000363. The molecular weight excluding hydrogens is 529 g/mol. The number of ether oxygens (including phenoxy) is 1. The predicted molar refractivity (Wildman–Crippen MR) is 137 cm³/mol. The van der Waals surface area contributed by atoms with E-state index < -0.39 is 6.61 Å². The van der Waals surface area contributed by atoms with E-state index in [9.17, 15) is 8.78 Å². The molecule has 2 aliphatic heterocycles. The molecule has 1 aromatic rings. The fourth-order valence-corrected chi connectivity index (χ4v) is 4.13. The second kappa shape index (κ2) is 13.3.